The number of pyridine rings is 1. The van der Waals surface area contributed by atoms with Crippen molar-refractivity contribution in [2.45, 2.75) is 37.5 Å². The van der Waals surface area contributed by atoms with Crippen molar-refractivity contribution in [1.82, 2.24) is 25.6 Å². The van der Waals surface area contributed by atoms with Crippen molar-refractivity contribution >= 4 is 34.8 Å². The molecule has 2 amide bonds. The molecular weight excluding hydrogens is 485 g/mol. The first-order chi connectivity index (χ1) is 16.6. The fourth-order valence-corrected chi connectivity index (χ4v) is 3.57. The van der Waals surface area contributed by atoms with Crippen LogP contribution in [0.2, 0.25) is 5.02 Å². The lowest BCUT2D eigenvalue weighted by atomic mass is 10.1. The van der Waals surface area contributed by atoms with Crippen LogP contribution in [0.25, 0.3) is 0 Å². The second-order valence-electron chi connectivity index (χ2n) is 8.14. The van der Waals surface area contributed by atoms with E-state index in [0.29, 0.717) is 24.2 Å². The lowest BCUT2D eigenvalue weighted by Crippen LogP contribution is -2.49. The number of alkyl halides is 3. The van der Waals surface area contributed by atoms with E-state index >= 15 is 0 Å². The van der Waals surface area contributed by atoms with Gasteiger partial charge in [-0.3, -0.25) is 14.6 Å². The maximum atomic E-state index is 13.3. The molecule has 4 rings (SSSR count). The minimum absolute atomic E-state index is 0.0253. The second kappa shape index (κ2) is 9.49. The molecule has 1 unspecified atom stereocenters. The molecule has 182 valence electrons. The summed E-state index contributed by atoms with van der Waals surface area (Å²) >= 11 is 5.72. The molecule has 3 N–H and O–H groups in total. The Morgan fingerprint density at radius 3 is 2.40 bits per heavy atom. The Labute approximate surface area is 203 Å². The summed E-state index contributed by atoms with van der Waals surface area (Å²) < 4.78 is 39.9. The molecule has 1 aliphatic rings. The Balaban J connectivity index is 1.39. The van der Waals surface area contributed by atoms with E-state index in [-0.39, 0.29) is 22.2 Å². The zero-order chi connectivity index (χ0) is 25.2. The molecule has 1 atom stereocenters. The Morgan fingerprint density at radius 2 is 1.80 bits per heavy atom. The molecule has 1 aliphatic carbocycles. The van der Waals surface area contributed by atoms with Crippen LogP contribution in [0.4, 0.5) is 24.5 Å². The average molecular weight is 505 g/mol. The van der Waals surface area contributed by atoms with E-state index in [1.807, 2.05) is 0 Å². The molecule has 0 aliphatic heterocycles. The predicted octanol–water partition coefficient (Wildman–Crippen LogP) is 4.43. The highest BCUT2D eigenvalue weighted by molar-refractivity contribution is 6.30. The zero-order valence-corrected chi connectivity index (χ0v) is 19.1. The summed E-state index contributed by atoms with van der Waals surface area (Å²) in [5.74, 6) is -0.796. The van der Waals surface area contributed by atoms with E-state index in [2.05, 4.69) is 30.9 Å². The van der Waals surface area contributed by atoms with E-state index in [1.54, 1.807) is 19.1 Å². The summed E-state index contributed by atoms with van der Waals surface area (Å²) in [4.78, 5) is 37.1. The van der Waals surface area contributed by atoms with Crippen molar-refractivity contribution in [1.29, 1.82) is 0 Å². The summed E-state index contributed by atoms with van der Waals surface area (Å²) in [5, 5.41) is 8.24. The van der Waals surface area contributed by atoms with Gasteiger partial charge in [-0.15, -0.1) is 0 Å². The highest BCUT2D eigenvalue weighted by Crippen LogP contribution is 2.38. The Hall–Kier alpha value is -3.73. The minimum Gasteiger partial charge on any atom is -0.354 e. The summed E-state index contributed by atoms with van der Waals surface area (Å²) in [7, 11) is 0. The van der Waals surface area contributed by atoms with Gasteiger partial charge in [0.25, 0.3) is 5.91 Å². The molecule has 1 fully saturated rings. The van der Waals surface area contributed by atoms with Gasteiger partial charge in [0.05, 0.1) is 40.4 Å². The SMILES string of the molecule is CC(NC(=O)C1(NC(=O)c2cncnc2)CC1)c1ccc(Nc2ccc(Cl)cc2C(F)(F)F)cn1. The van der Waals surface area contributed by atoms with Crippen LogP contribution < -0.4 is 16.0 Å². The van der Waals surface area contributed by atoms with Gasteiger partial charge >= 0.3 is 6.18 Å². The van der Waals surface area contributed by atoms with E-state index < -0.39 is 29.2 Å². The maximum Gasteiger partial charge on any atom is 0.418 e. The predicted molar refractivity (Wildman–Crippen MR) is 122 cm³/mol. The fourth-order valence-electron chi connectivity index (χ4n) is 3.40. The van der Waals surface area contributed by atoms with Crippen molar-refractivity contribution in [3.8, 4) is 0 Å². The lowest BCUT2D eigenvalue weighted by Gasteiger charge is -2.21. The van der Waals surface area contributed by atoms with Crippen LogP contribution in [0, 0.1) is 0 Å². The number of rotatable bonds is 7. The number of amides is 2. The van der Waals surface area contributed by atoms with Crippen LogP contribution in [0.15, 0.2) is 55.2 Å². The van der Waals surface area contributed by atoms with Crippen LogP contribution in [-0.2, 0) is 11.0 Å². The maximum absolute atomic E-state index is 13.3. The van der Waals surface area contributed by atoms with Gasteiger partial charge in [0, 0.05) is 17.4 Å². The number of hydrogen-bond donors (Lipinski definition) is 3. The number of carbonyl (C=O) groups excluding carboxylic acids is 2. The quantitative estimate of drug-likeness (QED) is 0.439. The molecule has 2 heterocycles. The highest BCUT2D eigenvalue weighted by Gasteiger charge is 2.51. The largest absolute Gasteiger partial charge is 0.418 e. The summed E-state index contributed by atoms with van der Waals surface area (Å²) in [6.07, 6.45) is 1.79. The number of hydrogen-bond acceptors (Lipinski definition) is 6. The number of nitrogens with zero attached hydrogens (tertiary/aromatic N) is 3. The van der Waals surface area contributed by atoms with E-state index in [9.17, 15) is 22.8 Å². The van der Waals surface area contributed by atoms with Gasteiger partial charge in [-0.25, -0.2) is 9.97 Å². The Kier molecular flexibility index (Phi) is 6.62. The molecule has 2 aromatic heterocycles. The zero-order valence-electron chi connectivity index (χ0n) is 18.4. The molecule has 3 aromatic rings. The van der Waals surface area contributed by atoms with Gasteiger partial charge < -0.3 is 16.0 Å². The minimum atomic E-state index is -4.58. The third-order valence-electron chi connectivity index (χ3n) is 5.50. The fraction of sp³-hybridized carbons (Fsp3) is 0.261. The van der Waals surface area contributed by atoms with Crippen molar-refractivity contribution in [2.24, 2.45) is 0 Å². The van der Waals surface area contributed by atoms with Crippen molar-refractivity contribution < 1.29 is 22.8 Å². The van der Waals surface area contributed by atoms with Gasteiger partial charge in [0.15, 0.2) is 0 Å². The monoisotopic (exact) mass is 504 g/mol. The second-order valence-corrected chi connectivity index (χ2v) is 8.58. The molecule has 0 radical (unpaired) electrons. The molecule has 0 spiro atoms. The van der Waals surface area contributed by atoms with Crippen molar-refractivity contribution in [3.05, 3.63) is 77.1 Å². The van der Waals surface area contributed by atoms with Gasteiger partial charge in [-0.05, 0) is 50.1 Å². The standard InChI is InChI=1S/C23H20ClF3N6O2/c1-13(31-21(35)22(6-7-22)33-20(34)14-9-28-12-29-10-14)18-5-3-16(11-30-18)32-19-4-2-15(24)8-17(19)23(25,26)27/h2-5,8-13,32H,6-7H2,1H3,(H,31,35)(H,33,34). The van der Waals surface area contributed by atoms with Crippen LogP contribution in [-0.4, -0.2) is 32.3 Å². The summed E-state index contributed by atoms with van der Waals surface area (Å²) in [6.45, 7) is 1.72. The van der Waals surface area contributed by atoms with E-state index in [0.717, 1.165) is 6.07 Å². The third kappa shape index (κ3) is 5.68. The number of benzene rings is 1. The molecule has 0 bridgehead atoms. The van der Waals surface area contributed by atoms with Gasteiger partial charge in [-0.1, -0.05) is 11.6 Å². The van der Waals surface area contributed by atoms with Crippen LogP contribution in [0.5, 0.6) is 0 Å². The molecule has 8 nitrogen and oxygen atoms in total. The summed E-state index contributed by atoms with van der Waals surface area (Å²) in [5.41, 5.74) is -0.989. The normalized spacial score (nSPS) is 15.1. The topological polar surface area (TPSA) is 109 Å². The van der Waals surface area contributed by atoms with Crippen molar-refractivity contribution in [3.63, 3.8) is 0 Å². The van der Waals surface area contributed by atoms with Gasteiger partial charge in [0.1, 0.15) is 11.9 Å². The van der Waals surface area contributed by atoms with Gasteiger partial charge in [-0.2, -0.15) is 13.2 Å². The first kappa shape index (κ1) is 24.4. The Bertz CT molecular complexity index is 1230. The number of anilines is 2. The molecule has 35 heavy (non-hydrogen) atoms. The number of halogens is 4. The highest BCUT2D eigenvalue weighted by atomic mass is 35.5. The van der Waals surface area contributed by atoms with Crippen LogP contribution >= 0.6 is 11.6 Å². The number of aromatic nitrogens is 3. The van der Waals surface area contributed by atoms with E-state index in [1.165, 1.54) is 37.1 Å². The summed E-state index contributed by atoms with van der Waals surface area (Å²) in [6, 6.07) is 6.09. The lowest BCUT2D eigenvalue weighted by molar-refractivity contribution is -0.137. The third-order valence-corrected chi connectivity index (χ3v) is 5.74. The first-order valence-corrected chi connectivity index (χ1v) is 10.9. The van der Waals surface area contributed by atoms with Crippen molar-refractivity contribution in [2.75, 3.05) is 5.32 Å². The molecule has 1 saturated carbocycles. The molecule has 1 aromatic carbocycles. The molecule has 0 saturated heterocycles. The average Bonchev–Trinajstić information content (AvgIpc) is 3.61. The van der Waals surface area contributed by atoms with Crippen LogP contribution in [0.1, 0.15) is 47.4 Å². The number of nitrogens with one attached hydrogen (secondary N) is 3. The molecule has 12 heteroatoms. The smallest absolute Gasteiger partial charge is 0.354 e. The van der Waals surface area contributed by atoms with Gasteiger partial charge in [0.2, 0.25) is 5.91 Å². The van der Waals surface area contributed by atoms with Crippen LogP contribution in [0.3, 0.4) is 0 Å². The van der Waals surface area contributed by atoms with E-state index in [4.69, 9.17) is 11.6 Å². The Morgan fingerprint density at radius 1 is 1.09 bits per heavy atom. The first-order valence-electron chi connectivity index (χ1n) is 10.6. The number of carbonyl (C=O) groups is 2. The molecular formula is C23H20ClF3N6O2.